The van der Waals surface area contributed by atoms with Crippen molar-refractivity contribution >= 4 is 23.5 Å². The third-order valence-corrected chi connectivity index (χ3v) is 7.47. The van der Waals surface area contributed by atoms with Crippen molar-refractivity contribution in [3.05, 3.63) is 12.2 Å². The summed E-state index contributed by atoms with van der Waals surface area (Å²) in [7, 11) is 1.45. The lowest BCUT2D eigenvalue weighted by Gasteiger charge is -2.03. The van der Waals surface area contributed by atoms with Gasteiger partial charge in [-0.15, -0.1) is 0 Å². The molecule has 0 bridgehead atoms. The van der Waals surface area contributed by atoms with Gasteiger partial charge < -0.3 is 4.74 Å². The van der Waals surface area contributed by atoms with Crippen molar-refractivity contribution < 1.29 is 14.3 Å². The number of methoxy groups -OCH3 is 1. The van der Waals surface area contributed by atoms with E-state index in [0.717, 1.165) is 12.2 Å². The Balaban J connectivity index is 0. The maximum absolute atomic E-state index is 10.9. The fraction of sp³-hybridized carbons (Fsp3) is 0.875. The van der Waals surface area contributed by atoms with Crippen molar-refractivity contribution in [1.82, 2.24) is 0 Å². The smallest absolute Gasteiger partial charge is 0.306 e. The zero-order valence-corrected chi connectivity index (χ0v) is 25.6. The van der Waals surface area contributed by atoms with Crippen molar-refractivity contribution in [2.75, 3.05) is 18.6 Å². The molecule has 0 aromatic heterocycles. The summed E-state index contributed by atoms with van der Waals surface area (Å²) in [6, 6.07) is 0. The molecule has 0 N–H and O–H groups in total. The first-order valence-electron chi connectivity index (χ1n) is 15.4. The Labute approximate surface area is 230 Å². The van der Waals surface area contributed by atoms with Crippen LogP contribution < -0.4 is 0 Å². The van der Waals surface area contributed by atoms with Gasteiger partial charge in [-0.1, -0.05) is 135 Å². The van der Waals surface area contributed by atoms with Crippen LogP contribution in [0.25, 0.3) is 0 Å². The van der Waals surface area contributed by atoms with E-state index in [2.05, 4.69) is 18.6 Å². The third kappa shape index (κ3) is 37.8. The van der Waals surface area contributed by atoms with Crippen LogP contribution in [-0.4, -0.2) is 30.4 Å². The number of carbonyl (C=O) groups is 2. The Morgan fingerprint density at radius 2 is 1.03 bits per heavy atom. The Morgan fingerprint density at radius 3 is 1.44 bits per heavy atom. The minimum atomic E-state index is -0.0874. The highest BCUT2D eigenvalue weighted by Gasteiger charge is 1.99. The maximum Gasteiger partial charge on any atom is 0.306 e. The summed E-state index contributed by atoms with van der Waals surface area (Å²) in [6.45, 7) is 6.14. The molecule has 0 aromatic carbocycles. The number of esters is 1. The van der Waals surface area contributed by atoms with Crippen molar-refractivity contribution in [2.24, 2.45) is 0 Å². The van der Waals surface area contributed by atoms with Gasteiger partial charge >= 0.3 is 5.97 Å². The standard InChI is InChI=1S/C16H32O2S.C16H30O/c1-3-4-5-6-7-8-9-10-11-12-14-19-15-13-16(17)18-2;1-3-4-5-6-7-8-9-10-11-12-13-14-15-16(2)17/h3-15H2,1-2H3;14-15H,3-13H2,1-2H3/b;15-14-. The molecular weight excluding hydrogens is 464 g/mol. The van der Waals surface area contributed by atoms with Crippen LogP contribution in [0.1, 0.15) is 162 Å². The molecule has 0 aliphatic carbocycles. The van der Waals surface area contributed by atoms with E-state index in [-0.39, 0.29) is 11.8 Å². The van der Waals surface area contributed by atoms with Crippen molar-refractivity contribution in [3.63, 3.8) is 0 Å². The van der Waals surface area contributed by atoms with E-state index in [4.69, 9.17) is 0 Å². The fourth-order valence-corrected chi connectivity index (χ4v) is 4.97. The van der Waals surface area contributed by atoms with Gasteiger partial charge in [-0.25, -0.2) is 0 Å². The predicted molar refractivity (Wildman–Crippen MR) is 162 cm³/mol. The van der Waals surface area contributed by atoms with Gasteiger partial charge in [0.25, 0.3) is 0 Å². The van der Waals surface area contributed by atoms with E-state index in [9.17, 15) is 9.59 Å². The maximum atomic E-state index is 10.9. The summed E-state index contributed by atoms with van der Waals surface area (Å²) in [5.41, 5.74) is 0. The fourth-order valence-electron chi connectivity index (χ4n) is 4.05. The molecule has 0 heterocycles. The normalized spacial score (nSPS) is 10.9. The molecule has 0 spiro atoms. The van der Waals surface area contributed by atoms with Crippen LogP contribution in [0.5, 0.6) is 0 Å². The Bertz CT molecular complexity index is 476. The average Bonchev–Trinajstić information content (AvgIpc) is 2.87. The van der Waals surface area contributed by atoms with Gasteiger partial charge in [0.1, 0.15) is 0 Å². The molecule has 36 heavy (non-hydrogen) atoms. The van der Waals surface area contributed by atoms with Crippen LogP contribution in [0.4, 0.5) is 0 Å². The summed E-state index contributed by atoms with van der Waals surface area (Å²) in [4.78, 5) is 21.5. The first-order valence-corrected chi connectivity index (χ1v) is 16.6. The minimum absolute atomic E-state index is 0.0874. The van der Waals surface area contributed by atoms with Gasteiger partial charge in [-0.05, 0) is 38.0 Å². The topological polar surface area (TPSA) is 43.4 Å². The van der Waals surface area contributed by atoms with Crippen LogP contribution in [0.2, 0.25) is 0 Å². The number of ether oxygens (including phenoxy) is 1. The summed E-state index contributed by atoms with van der Waals surface area (Å²) < 4.78 is 4.60. The zero-order valence-electron chi connectivity index (χ0n) is 24.8. The second-order valence-electron chi connectivity index (χ2n) is 10.1. The van der Waals surface area contributed by atoms with Crippen LogP contribution in [0, 0.1) is 0 Å². The quantitative estimate of drug-likeness (QED) is 0.0638. The van der Waals surface area contributed by atoms with Gasteiger partial charge in [0.2, 0.25) is 0 Å². The van der Waals surface area contributed by atoms with Crippen molar-refractivity contribution in [3.8, 4) is 0 Å². The summed E-state index contributed by atoms with van der Waals surface area (Å²) in [5, 5.41) is 0. The van der Waals surface area contributed by atoms with E-state index in [0.29, 0.717) is 6.42 Å². The highest BCUT2D eigenvalue weighted by molar-refractivity contribution is 7.99. The molecular formula is C32H62O3S. The van der Waals surface area contributed by atoms with E-state index in [1.54, 1.807) is 13.0 Å². The number of hydrogen-bond donors (Lipinski definition) is 0. The van der Waals surface area contributed by atoms with E-state index in [1.165, 1.54) is 141 Å². The SMILES string of the molecule is CCCCCCCCCCCC/C=C\C(C)=O.CCCCCCCCCCCCSCCC(=O)OC. The van der Waals surface area contributed by atoms with Crippen molar-refractivity contribution in [1.29, 1.82) is 0 Å². The highest BCUT2D eigenvalue weighted by Crippen LogP contribution is 2.13. The molecule has 0 unspecified atom stereocenters. The summed E-state index contributed by atoms with van der Waals surface area (Å²) in [6.07, 6.45) is 32.9. The van der Waals surface area contributed by atoms with Crippen LogP contribution in [0.15, 0.2) is 12.2 Å². The van der Waals surface area contributed by atoms with Gasteiger partial charge in [0, 0.05) is 5.75 Å². The summed E-state index contributed by atoms with van der Waals surface area (Å²) in [5.74, 6) is 2.17. The first-order chi connectivity index (χ1) is 17.6. The lowest BCUT2D eigenvalue weighted by atomic mass is 10.1. The molecule has 3 nitrogen and oxygen atoms in total. The number of allylic oxidation sites excluding steroid dienone is 2. The molecule has 0 aliphatic heterocycles. The molecule has 0 aliphatic rings. The molecule has 0 saturated carbocycles. The number of rotatable bonds is 26. The molecule has 0 atom stereocenters. The Kier molecular flexibility index (Phi) is 35.5. The van der Waals surface area contributed by atoms with Crippen LogP contribution in [0.3, 0.4) is 0 Å². The second kappa shape index (κ2) is 34.2. The largest absolute Gasteiger partial charge is 0.469 e. The van der Waals surface area contributed by atoms with Crippen LogP contribution >= 0.6 is 11.8 Å². The van der Waals surface area contributed by atoms with E-state index in [1.807, 2.05) is 17.8 Å². The average molecular weight is 527 g/mol. The Hall–Kier alpha value is -0.770. The number of hydrogen-bond acceptors (Lipinski definition) is 4. The predicted octanol–water partition coefficient (Wildman–Crippen LogP) is 10.6. The van der Waals surface area contributed by atoms with Crippen molar-refractivity contribution in [2.45, 2.75) is 162 Å². The Morgan fingerprint density at radius 1 is 0.611 bits per heavy atom. The van der Waals surface area contributed by atoms with Crippen LogP contribution in [-0.2, 0) is 14.3 Å². The summed E-state index contributed by atoms with van der Waals surface area (Å²) >= 11 is 1.87. The molecule has 214 valence electrons. The number of ketones is 1. The molecule has 0 fully saturated rings. The lowest BCUT2D eigenvalue weighted by molar-refractivity contribution is -0.140. The molecule has 0 aromatic rings. The van der Waals surface area contributed by atoms with Gasteiger partial charge in [0.05, 0.1) is 13.5 Å². The monoisotopic (exact) mass is 526 g/mol. The number of carbonyl (C=O) groups excluding carboxylic acids is 2. The van der Waals surface area contributed by atoms with E-state index >= 15 is 0 Å². The van der Waals surface area contributed by atoms with E-state index < -0.39 is 0 Å². The third-order valence-electron chi connectivity index (χ3n) is 6.40. The molecule has 0 radical (unpaired) electrons. The van der Waals surface area contributed by atoms with Gasteiger partial charge in [0.15, 0.2) is 5.78 Å². The van der Waals surface area contributed by atoms with Gasteiger partial charge in [-0.2, -0.15) is 11.8 Å². The second-order valence-corrected chi connectivity index (χ2v) is 11.3. The zero-order chi connectivity index (χ0) is 27.0. The highest BCUT2D eigenvalue weighted by atomic mass is 32.2. The lowest BCUT2D eigenvalue weighted by Crippen LogP contribution is -2.01. The molecule has 0 rings (SSSR count). The number of unbranched alkanes of at least 4 members (excludes halogenated alkanes) is 19. The molecule has 4 heteroatoms. The van der Waals surface area contributed by atoms with Gasteiger partial charge in [-0.3, -0.25) is 9.59 Å². The number of thioether (sulfide) groups is 1. The molecule has 0 saturated heterocycles. The minimum Gasteiger partial charge on any atom is -0.469 e. The molecule has 0 amide bonds. The first kappa shape index (κ1) is 37.4.